The van der Waals surface area contributed by atoms with Crippen LogP contribution in [0.2, 0.25) is 0 Å². The summed E-state index contributed by atoms with van der Waals surface area (Å²) in [6.07, 6.45) is 1.35. The van der Waals surface area contributed by atoms with E-state index in [1.807, 2.05) is 6.92 Å². The van der Waals surface area contributed by atoms with Crippen molar-refractivity contribution in [1.29, 1.82) is 0 Å². The van der Waals surface area contributed by atoms with Crippen molar-refractivity contribution in [1.82, 2.24) is 0 Å². The van der Waals surface area contributed by atoms with Crippen LogP contribution in [0.4, 0.5) is 0 Å². The molecule has 0 aromatic heterocycles. The zero-order valence-corrected chi connectivity index (χ0v) is 12.6. The number of rotatable bonds is 6. The molecule has 1 heterocycles. The number of esters is 1. The van der Waals surface area contributed by atoms with Gasteiger partial charge in [0.2, 0.25) is 0 Å². The van der Waals surface area contributed by atoms with Crippen LogP contribution in [0.1, 0.15) is 40.0 Å². The Morgan fingerprint density at radius 3 is 2.42 bits per heavy atom. The van der Waals surface area contributed by atoms with E-state index in [1.165, 1.54) is 0 Å². The van der Waals surface area contributed by atoms with E-state index >= 15 is 0 Å². The number of carbonyl (C=O) groups excluding carboxylic acids is 2. The highest BCUT2D eigenvalue weighted by atomic mass is 32.2. The molecule has 5 nitrogen and oxygen atoms in total. The fraction of sp³-hybridized carbons (Fsp3) is 0.846. The molecule has 0 radical (unpaired) electrons. The molecule has 0 bridgehead atoms. The number of sulfone groups is 1. The first-order valence-corrected chi connectivity index (χ1v) is 8.38. The van der Waals surface area contributed by atoms with Crippen LogP contribution in [-0.2, 0) is 24.2 Å². The summed E-state index contributed by atoms with van der Waals surface area (Å²) in [6, 6.07) is 0. The fourth-order valence-corrected chi connectivity index (χ4v) is 3.76. The van der Waals surface area contributed by atoms with Crippen LogP contribution < -0.4 is 0 Å². The second-order valence-electron chi connectivity index (χ2n) is 5.83. The van der Waals surface area contributed by atoms with Crippen LogP contribution in [0, 0.1) is 11.3 Å². The standard InChI is InChI=1S/C13H22O5S/c1-4-13(2,3)12(15)18-8-11(14)7-10-5-6-19(16,17)9-10/h10H,4-9H2,1-3H3. The molecule has 0 aromatic carbocycles. The van der Waals surface area contributed by atoms with E-state index in [4.69, 9.17) is 4.74 Å². The Labute approximate surface area is 114 Å². The number of carbonyl (C=O) groups is 2. The molecule has 1 saturated heterocycles. The molecule has 0 aromatic rings. The first kappa shape index (κ1) is 16.1. The van der Waals surface area contributed by atoms with Gasteiger partial charge in [0.1, 0.15) is 6.61 Å². The van der Waals surface area contributed by atoms with E-state index in [9.17, 15) is 18.0 Å². The van der Waals surface area contributed by atoms with Gasteiger partial charge in [-0.3, -0.25) is 9.59 Å². The first-order chi connectivity index (χ1) is 8.66. The summed E-state index contributed by atoms with van der Waals surface area (Å²) in [4.78, 5) is 23.3. The van der Waals surface area contributed by atoms with Crippen LogP contribution in [0.5, 0.6) is 0 Å². The zero-order chi connectivity index (χ0) is 14.7. The lowest BCUT2D eigenvalue weighted by Crippen LogP contribution is -2.28. The van der Waals surface area contributed by atoms with Crippen molar-refractivity contribution in [3.05, 3.63) is 0 Å². The van der Waals surface area contributed by atoms with Crippen molar-refractivity contribution in [3.63, 3.8) is 0 Å². The zero-order valence-electron chi connectivity index (χ0n) is 11.8. The molecule has 0 aliphatic carbocycles. The Morgan fingerprint density at radius 1 is 1.32 bits per heavy atom. The minimum absolute atomic E-state index is 0.0765. The predicted molar refractivity (Wildman–Crippen MR) is 71.4 cm³/mol. The Morgan fingerprint density at radius 2 is 1.95 bits per heavy atom. The molecular formula is C13H22O5S. The summed E-state index contributed by atoms with van der Waals surface area (Å²) in [5, 5.41) is 0. The van der Waals surface area contributed by atoms with Crippen LogP contribution in [0.3, 0.4) is 0 Å². The number of hydrogen-bond acceptors (Lipinski definition) is 5. The second kappa shape index (κ2) is 6.03. The van der Waals surface area contributed by atoms with Gasteiger partial charge in [0.05, 0.1) is 16.9 Å². The molecule has 0 amide bonds. The van der Waals surface area contributed by atoms with E-state index < -0.39 is 15.3 Å². The van der Waals surface area contributed by atoms with Gasteiger partial charge in [-0.2, -0.15) is 0 Å². The molecule has 0 spiro atoms. The van der Waals surface area contributed by atoms with Crippen molar-refractivity contribution in [2.24, 2.45) is 11.3 Å². The van der Waals surface area contributed by atoms with Gasteiger partial charge in [-0.1, -0.05) is 6.92 Å². The molecule has 1 unspecified atom stereocenters. The average molecular weight is 290 g/mol. The molecule has 1 aliphatic heterocycles. The normalized spacial score (nSPS) is 22.2. The average Bonchev–Trinajstić information content (AvgIpc) is 2.65. The van der Waals surface area contributed by atoms with E-state index in [1.54, 1.807) is 13.8 Å². The lowest BCUT2D eigenvalue weighted by Gasteiger charge is -2.20. The van der Waals surface area contributed by atoms with Crippen molar-refractivity contribution < 1.29 is 22.7 Å². The minimum atomic E-state index is -2.96. The van der Waals surface area contributed by atoms with Gasteiger partial charge in [-0.05, 0) is 32.6 Å². The summed E-state index contributed by atoms with van der Waals surface area (Å²) < 4.78 is 27.5. The lowest BCUT2D eigenvalue weighted by atomic mass is 9.91. The van der Waals surface area contributed by atoms with E-state index in [2.05, 4.69) is 0 Å². The molecule has 110 valence electrons. The first-order valence-electron chi connectivity index (χ1n) is 6.55. The van der Waals surface area contributed by atoms with E-state index in [0.29, 0.717) is 12.8 Å². The van der Waals surface area contributed by atoms with Crippen LogP contribution >= 0.6 is 0 Å². The quantitative estimate of drug-likeness (QED) is 0.690. The largest absolute Gasteiger partial charge is 0.457 e. The maximum atomic E-state index is 11.7. The van der Waals surface area contributed by atoms with Gasteiger partial charge in [-0.25, -0.2) is 8.42 Å². The van der Waals surface area contributed by atoms with E-state index in [-0.39, 0.29) is 42.2 Å². The third-order valence-corrected chi connectivity index (χ3v) is 5.48. The Hall–Kier alpha value is -0.910. The summed E-state index contributed by atoms with van der Waals surface area (Å²) in [5.41, 5.74) is -0.586. The van der Waals surface area contributed by atoms with Crippen molar-refractivity contribution >= 4 is 21.6 Å². The minimum Gasteiger partial charge on any atom is -0.457 e. The smallest absolute Gasteiger partial charge is 0.311 e. The molecule has 6 heteroatoms. The Balaban J connectivity index is 2.35. The topological polar surface area (TPSA) is 77.5 Å². The fourth-order valence-electron chi connectivity index (χ4n) is 1.90. The molecule has 1 aliphatic rings. The van der Waals surface area contributed by atoms with Gasteiger partial charge in [0, 0.05) is 6.42 Å². The highest BCUT2D eigenvalue weighted by molar-refractivity contribution is 7.91. The molecule has 19 heavy (non-hydrogen) atoms. The van der Waals surface area contributed by atoms with Crippen molar-refractivity contribution in [3.8, 4) is 0 Å². The molecular weight excluding hydrogens is 268 g/mol. The van der Waals surface area contributed by atoms with E-state index in [0.717, 1.165) is 0 Å². The summed E-state index contributed by atoms with van der Waals surface area (Å²) in [7, 11) is -2.96. The third kappa shape index (κ3) is 4.93. The maximum absolute atomic E-state index is 11.7. The third-order valence-electron chi connectivity index (χ3n) is 3.64. The van der Waals surface area contributed by atoms with Gasteiger partial charge in [0.15, 0.2) is 15.6 Å². The monoisotopic (exact) mass is 290 g/mol. The Kier molecular flexibility index (Phi) is 5.12. The molecule has 1 fully saturated rings. The van der Waals surface area contributed by atoms with Gasteiger partial charge in [-0.15, -0.1) is 0 Å². The lowest BCUT2D eigenvalue weighted by molar-refractivity contribution is -0.157. The summed E-state index contributed by atoms with van der Waals surface area (Å²) in [6.45, 7) is 5.16. The molecule has 0 saturated carbocycles. The molecule has 1 atom stereocenters. The summed E-state index contributed by atoms with van der Waals surface area (Å²) in [5.74, 6) is -0.471. The predicted octanol–water partition coefficient (Wildman–Crippen LogP) is 1.36. The van der Waals surface area contributed by atoms with Crippen molar-refractivity contribution in [2.45, 2.75) is 40.0 Å². The summed E-state index contributed by atoms with van der Waals surface area (Å²) >= 11 is 0. The van der Waals surface area contributed by atoms with Gasteiger partial charge >= 0.3 is 5.97 Å². The number of Topliss-reactive ketones (excluding diaryl/α,β-unsaturated/α-hetero) is 1. The number of hydrogen-bond donors (Lipinski definition) is 0. The highest BCUT2D eigenvalue weighted by Gasteiger charge is 2.31. The van der Waals surface area contributed by atoms with Gasteiger partial charge < -0.3 is 4.74 Å². The van der Waals surface area contributed by atoms with Crippen molar-refractivity contribution in [2.75, 3.05) is 18.1 Å². The van der Waals surface area contributed by atoms with Crippen LogP contribution in [0.25, 0.3) is 0 Å². The number of ketones is 1. The second-order valence-corrected chi connectivity index (χ2v) is 8.05. The molecule has 0 N–H and O–H groups in total. The Bertz CT molecular complexity index is 450. The SMILES string of the molecule is CCC(C)(C)C(=O)OCC(=O)CC1CCS(=O)(=O)C1. The highest BCUT2D eigenvalue weighted by Crippen LogP contribution is 2.23. The van der Waals surface area contributed by atoms with Gasteiger partial charge in [0.25, 0.3) is 0 Å². The van der Waals surface area contributed by atoms with Crippen LogP contribution in [-0.4, -0.2) is 38.3 Å². The molecule has 1 rings (SSSR count). The maximum Gasteiger partial charge on any atom is 0.311 e. The van der Waals surface area contributed by atoms with Crippen LogP contribution in [0.15, 0.2) is 0 Å². The number of ether oxygens (including phenoxy) is 1.